The second-order valence-corrected chi connectivity index (χ2v) is 6.93. The van der Waals surface area contributed by atoms with Gasteiger partial charge in [-0.2, -0.15) is 0 Å². The molecule has 1 saturated heterocycles. The summed E-state index contributed by atoms with van der Waals surface area (Å²) in [5, 5.41) is 11.0. The van der Waals surface area contributed by atoms with Gasteiger partial charge in [0.15, 0.2) is 0 Å². The first-order valence-electron chi connectivity index (χ1n) is 9.63. The van der Waals surface area contributed by atoms with Crippen molar-refractivity contribution in [3.05, 3.63) is 89.4 Å². The Morgan fingerprint density at radius 3 is 2.33 bits per heavy atom. The van der Waals surface area contributed by atoms with Crippen molar-refractivity contribution in [2.75, 3.05) is 12.0 Å². The number of methoxy groups -OCH3 is 1. The van der Waals surface area contributed by atoms with Gasteiger partial charge < -0.3 is 14.3 Å². The highest BCUT2D eigenvalue weighted by atomic mass is 16.5. The van der Waals surface area contributed by atoms with Crippen molar-refractivity contribution in [2.24, 2.45) is 0 Å². The Morgan fingerprint density at radius 2 is 1.77 bits per heavy atom. The number of hydrogen-bond acceptors (Lipinski definition) is 5. The highest BCUT2D eigenvalue weighted by Crippen LogP contribution is 2.42. The third-order valence-electron chi connectivity index (χ3n) is 5.24. The van der Waals surface area contributed by atoms with Crippen LogP contribution in [0, 0.1) is 0 Å². The van der Waals surface area contributed by atoms with Crippen LogP contribution in [0.2, 0.25) is 0 Å². The molecule has 1 N–H and O–H groups in total. The Bertz CT molecular complexity index is 1100. The molecule has 0 aliphatic carbocycles. The normalized spacial score (nSPS) is 18.1. The smallest absolute Gasteiger partial charge is 0.300 e. The van der Waals surface area contributed by atoms with Crippen molar-refractivity contribution in [1.82, 2.24) is 0 Å². The topological polar surface area (TPSA) is 80.0 Å². The van der Waals surface area contributed by atoms with Gasteiger partial charge in [-0.15, -0.1) is 0 Å². The van der Waals surface area contributed by atoms with Crippen molar-refractivity contribution < 1.29 is 23.8 Å². The number of amides is 1. The number of furan rings is 1. The van der Waals surface area contributed by atoms with Gasteiger partial charge in [-0.1, -0.05) is 31.2 Å². The van der Waals surface area contributed by atoms with Gasteiger partial charge in [0.05, 0.1) is 18.9 Å². The van der Waals surface area contributed by atoms with Gasteiger partial charge in [-0.3, -0.25) is 14.5 Å². The number of carbonyl (C=O) groups excluding carboxylic acids is 2. The molecule has 6 nitrogen and oxygen atoms in total. The molecule has 0 saturated carbocycles. The summed E-state index contributed by atoms with van der Waals surface area (Å²) in [6, 6.07) is 16.5. The fourth-order valence-electron chi connectivity index (χ4n) is 3.61. The van der Waals surface area contributed by atoms with Crippen molar-refractivity contribution in [1.29, 1.82) is 0 Å². The summed E-state index contributed by atoms with van der Waals surface area (Å²) in [6.45, 7) is 2.03. The lowest BCUT2D eigenvalue weighted by Crippen LogP contribution is -2.29. The van der Waals surface area contributed by atoms with Gasteiger partial charge in [0.1, 0.15) is 23.3 Å². The molecule has 1 unspecified atom stereocenters. The second-order valence-electron chi connectivity index (χ2n) is 6.93. The summed E-state index contributed by atoms with van der Waals surface area (Å²) >= 11 is 0. The van der Waals surface area contributed by atoms with Crippen LogP contribution in [0.4, 0.5) is 5.69 Å². The zero-order valence-electron chi connectivity index (χ0n) is 16.7. The van der Waals surface area contributed by atoms with Gasteiger partial charge >= 0.3 is 0 Å². The lowest BCUT2D eigenvalue weighted by molar-refractivity contribution is -0.132. The van der Waals surface area contributed by atoms with E-state index < -0.39 is 17.7 Å². The van der Waals surface area contributed by atoms with Crippen LogP contribution in [0.15, 0.2) is 76.9 Å². The molecule has 2 aromatic carbocycles. The summed E-state index contributed by atoms with van der Waals surface area (Å²) in [7, 11) is 1.55. The van der Waals surface area contributed by atoms with Crippen molar-refractivity contribution >= 4 is 23.1 Å². The molecule has 1 amide bonds. The number of benzene rings is 2. The van der Waals surface area contributed by atoms with Gasteiger partial charge in [0.25, 0.3) is 11.7 Å². The fraction of sp³-hybridized carbons (Fsp3) is 0.167. The molecule has 1 aliphatic rings. The highest BCUT2D eigenvalue weighted by Gasteiger charge is 2.48. The minimum atomic E-state index is -0.876. The molecular formula is C24H21NO5. The predicted molar refractivity (Wildman–Crippen MR) is 112 cm³/mol. The average Bonchev–Trinajstić information content (AvgIpc) is 3.40. The first-order chi connectivity index (χ1) is 14.5. The van der Waals surface area contributed by atoms with Crippen molar-refractivity contribution in [3.8, 4) is 5.75 Å². The van der Waals surface area contributed by atoms with Crippen LogP contribution in [0.3, 0.4) is 0 Å². The number of rotatable bonds is 5. The highest BCUT2D eigenvalue weighted by molar-refractivity contribution is 6.51. The molecule has 152 valence electrons. The van der Waals surface area contributed by atoms with Gasteiger partial charge in [-0.05, 0) is 48.4 Å². The third-order valence-corrected chi connectivity index (χ3v) is 5.24. The van der Waals surface area contributed by atoms with Crippen LogP contribution in [0.5, 0.6) is 5.75 Å². The molecule has 6 heteroatoms. The fourth-order valence-corrected chi connectivity index (χ4v) is 3.61. The summed E-state index contributed by atoms with van der Waals surface area (Å²) in [4.78, 5) is 27.3. The molecule has 1 aliphatic heterocycles. The maximum Gasteiger partial charge on any atom is 0.300 e. The lowest BCUT2D eigenvalue weighted by Gasteiger charge is -2.23. The number of carbonyl (C=O) groups is 2. The summed E-state index contributed by atoms with van der Waals surface area (Å²) in [5.41, 5.74) is 2.07. The minimum Gasteiger partial charge on any atom is -0.507 e. The molecule has 3 aromatic rings. The number of hydrogen-bond donors (Lipinski definition) is 1. The van der Waals surface area contributed by atoms with E-state index in [1.54, 1.807) is 55.6 Å². The zero-order chi connectivity index (χ0) is 21.3. The van der Waals surface area contributed by atoms with E-state index in [1.807, 2.05) is 19.1 Å². The molecule has 2 heterocycles. The molecule has 1 atom stereocenters. The summed E-state index contributed by atoms with van der Waals surface area (Å²) in [6.07, 6.45) is 2.33. The number of aryl methyl sites for hydroxylation is 1. The molecule has 0 bridgehead atoms. The molecule has 0 spiro atoms. The average molecular weight is 403 g/mol. The Morgan fingerprint density at radius 1 is 1.07 bits per heavy atom. The summed E-state index contributed by atoms with van der Waals surface area (Å²) < 4.78 is 10.7. The molecule has 30 heavy (non-hydrogen) atoms. The van der Waals surface area contributed by atoms with E-state index in [4.69, 9.17) is 9.15 Å². The van der Waals surface area contributed by atoms with Crippen LogP contribution in [0.1, 0.15) is 29.9 Å². The van der Waals surface area contributed by atoms with E-state index >= 15 is 0 Å². The summed E-state index contributed by atoms with van der Waals surface area (Å²) in [5.74, 6) is -0.705. The van der Waals surface area contributed by atoms with Crippen molar-refractivity contribution in [2.45, 2.75) is 19.4 Å². The Labute approximate surface area is 174 Å². The van der Waals surface area contributed by atoms with Gasteiger partial charge in [0.2, 0.25) is 0 Å². The molecule has 1 aromatic heterocycles. The van der Waals surface area contributed by atoms with E-state index in [1.165, 1.54) is 11.2 Å². The monoisotopic (exact) mass is 403 g/mol. The molecule has 0 radical (unpaired) electrons. The molecular weight excluding hydrogens is 382 g/mol. The number of anilines is 1. The van der Waals surface area contributed by atoms with Crippen LogP contribution in [-0.4, -0.2) is 23.9 Å². The zero-order valence-corrected chi connectivity index (χ0v) is 16.7. The maximum atomic E-state index is 13.0. The van der Waals surface area contributed by atoms with Gasteiger partial charge in [-0.25, -0.2) is 0 Å². The van der Waals surface area contributed by atoms with Crippen LogP contribution >= 0.6 is 0 Å². The third kappa shape index (κ3) is 3.26. The minimum absolute atomic E-state index is 0.00461. The van der Waals surface area contributed by atoms with Gasteiger partial charge in [0, 0.05) is 11.3 Å². The Kier molecular flexibility index (Phi) is 5.14. The van der Waals surface area contributed by atoms with E-state index in [-0.39, 0.29) is 11.3 Å². The maximum absolute atomic E-state index is 13.0. The standard InChI is InChI=1S/C24H21NO5/c1-3-15-6-8-16(9-7-15)22(26)20-21(19-5-4-14-30-19)25(24(28)23(20)27)17-10-12-18(29-2)13-11-17/h4-14,21,26H,3H2,1-2H3/b22-20-. The number of ether oxygens (including phenoxy) is 1. The number of aliphatic hydroxyl groups is 1. The molecule has 1 fully saturated rings. The Hall–Kier alpha value is -3.80. The molecule has 4 rings (SSSR count). The van der Waals surface area contributed by atoms with E-state index in [0.717, 1.165) is 12.0 Å². The SMILES string of the molecule is CCc1ccc(/C(O)=C2/C(=O)C(=O)N(c3ccc(OC)cc3)C2c2ccco2)cc1. The van der Waals surface area contributed by atoms with Crippen molar-refractivity contribution in [3.63, 3.8) is 0 Å². The predicted octanol–water partition coefficient (Wildman–Crippen LogP) is 4.48. The number of Topliss-reactive ketones (excluding diaryl/α,β-unsaturated/α-hetero) is 1. The van der Waals surface area contributed by atoms with Crippen LogP contribution < -0.4 is 9.64 Å². The number of ketones is 1. The lowest BCUT2D eigenvalue weighted by atomic mass is 9.98. The largest absolute Gasteiger partial charge is 0.507 e. The van der Waals surface area contributed by atoms with E-state index in [0.29, 0.717) is 22.8 Å². The van der Waals surface area contributed by atoms with E-state index in [9.17, 15) is 14.7 Å². The van der Waals surface area contributed by atoms with Crippen LogP contribution in [0.25, 0.3) is 5.76 Å². The first-order valence-corrected chi connectivity index (χ1v) is 9.63. The quantitative estimate of drug-likeness (QED) is 0.386. The van der Waals surface area contributed by atoms with Crippen LogP contribution in [-0.2, 0) is 16.0 Å². The number of aliphatic hydroxyl groups excluding tert-OH is 1. The second kappa shape index (κ2) is 7.91. The Balaban J connectivity index is 1.86. The number of nitrogens with zero attached hydrogens (tertiary/aromatic N) is 1. The first kappa shape index (κ1) is 19.5. The van der Waals surface area contributed by atoms with E-state index in [2.05, 4.69) is 0 Å².